The molecule has 0 bridgehead atoms. The predicted octanol–water partition coefficient (Wildman–Crippen LogP) is 2.88. The van der Waals surface area contributed by atoms with Crippen LogP contribution in [0.25, 0.3) is 0 Å². The summed E-state index contributed by atoms with van der Waals surface area (Å²) in [5, 5.41) is 0. The van der Waals surface area contributed by atoms with Gasteiger partial charge in [-0.15, -0.1) is 0 Å². The fourth-order valence-corrected chi connectivity index (χ4v) is 1.71. The van der Waals surface area contributed by atoms with Crippen molar-refractivity contribution in [2.24, 2.45) is 5.73 Å². The van der Waals surface area contributed by atoms with Gasteiger partial charge in [0.2, 0.25) is 0 Å². The molecule has 3 nitrogen and oxygen atoms in total. The Balaban J connectivity index is 2.04. The highest BCUT2D eigenvalue weighted by atomic mass is 79.9. The molecule has 0 atom stereocenters. The monoisotopic (exact) mass is 292 g/mol. The lowest BCUT2D eigenvalue weighted by Gasteiger charge is -2.09. The topological polar surface area (TPSA) is 48.1 Å². The van der Waals surface area contributed by atoms with Gasteiger partial charge >= 0.3 is 0 Å². The molecule has 2 aromatic rings. The molecule has 0 spiro atoms. The van der Waals surface area contributed by atoms with Gasteiger partial charge in [0.05, 0.1) is 5.69 Å². The highest BCUT2D eigenvalue weighted by Gasteiger charge is 2.02. The van der Waals surface area contributed by atoms with Gasteiger partial charge in [-0.25, -0.2) is 0 Å². The van der Waals surface area contributed by atoms with E-state index in [9.17, 15) is 0 Å². The quantitative estimate of drug-likeness (QED) is 0.943. The highest BCUT2D eigenvalue weighted by molar-refractivity contribution is 9.10. The summed E-state index contributed by atoms with van der Waals surface area (Å²) in [5.41, 5.74) is 7.48. The van der Waals surface area contributed by atoms with Gasteiger partial charge in [-0.2, -0.15) is 0 Å². The van der Waals surface area contributed by atoms with Crippen molar-refractivity contribution < 1.29 is 4.74 Å². The van der Waals surface area contributed by atoms with Crippen LogP contribution in [-0.4, -0.2) is 4.98 Å². The second-order valence-corrected chi connectivity index (χ2v) is 4.48. The second-order valence-electron chi connectivity index (χ2n) is 3.57. The third-order valence-corrected chi connectivity index (χ3v) is 2.88. The number of rotatable bonds is 4. The molecule has 0 aliphatic rings. The molecule has 0 unspecified atom stereocenters. The van der Waals surface area contributed by atoms with Crippen molar-refractivity contribution in [3.8, 4) is 5.75 Å². The molecule has 0 aliphatic heterocycles. The average molecular weight is 293 g/mol. The van der Waals surface area contributed by atoms with E-state index >= 15 is 0 Å². The number of benzene rings is 1. The molecule has 1 aromatic carbocycles. The van der Waals surface area contributed by atoms with Crippen LogP contribution in [0.5, 0.6) is 5.75 Å². The number of halogens is 1. The SMILES string of the molecule is NCc1ncccc1OCc1ccc(Br)cc1. The molecule has 2 rings (SSSR count). The van der Waals surface area contributed by atoms with E-state index in [1.165, 1.54) is 0 Å². The Morgan fingerprint density at radius 3 is 2.65 bits per heavy atom. The van der Waals surface area contributed by atoms with Gasteiger partial charge in [-0.05, 0) is 29.8 Å². The maximum Gasteiger partial charge on any atom is 0.142 e. The van der Waals surface area contributed by atoms with E-state index in [-0.39, 0.29) is 0 Å². The van der Waals surface area contributed by atoms with Crippen LogP contribution in [0.3, 0.4) is 0 Å². The zero-order valence-electron chi connectivity index (χ0n) is 9.27. The van der Waals surface area contributed by atoms with Crippen LogP contribution >= 0.6 is 15.9 Å². The van der Waals surface area contributed by atoms with E-state index in [0.717, 1.165) is 21.5 Å². The molecular formula is C13H13BrN2O. The maximum atomic E-state index is 5.70. The minimum Gasteiger partial charge on any atom is -0.487 e. The number of nitrogens with zero attached hydrogens (tertiary/aromatic N) is 1. The first-order valence-electron chi connectivity index (χ1n) is 5.31. The normalized spacial score (nSPS) is 10.2. The largest absolute Gasteiger partial charge is 0.487 e. The summed E-state index contributed by atoms with van der Waals surface area (Å²) in [5.74, 6) is 0.748. The molecule has 0 amide bonds. The Hall–Kier alpha value is -1.39. The summed E-state index contributed by atoms with van der Waals surface area (Å²) in [6.45, 7) is 0.905. The van der Waals surface area contributed by atoms with E-state index in [1.54, 1.807) is 6.20 Å². The molecular weight excluding hydrogens is 280 g/mol. The van der Waals surface area contributed by atoms with Crippen LogP contribution in [0.4, 0.5) is 0 Å². The number of pyridine rings is 1. The number of ether oxygens (including phenoxy) is 1. The van der Waals surface area contributed by atoms with Gasteiger partial charge in [0.1, 0.15) is 12.4 Å². The Morgan fingerprint density at radius 2 is 1.94 bits per heavy atom. The number of nitrogens with two attached hydrogens (primary N) is 1. The lowest BCUT2D eigenvalue weighted by atomic mass is 10.2. The van der Waals surface area contributed by atoms with Crippen LogP contribution in [-0.2, 0) is 13.2 Å². The minimum absolute atomic E-state index is 0.385. The molecule has 1 aromatic heterocycles. The van der Waals surface area contributed by atoms with Gasteiger partial charge in [0.15, 0.2) is 0 Å². The van der Waals surface area contributed by atoms with E-state index in [0.29, 0.717) is 13.2 Å². The third-order valence-electron chi connectivity index (χ3n) is 2.35. The van der Waals surface area contributed by atoms with Crippen LogP contribution in [0, 0.1) is 0 Å². The molecule has 0 saturated carbocycles. The van der Waals surface area contributed by atoms with Crippen molar-refractivity contribution in [2.75, 3.05) is 0 Å². The third kappa shape index (κ3) is 3.28. The van der Waals surface area contributed by atoms with Gasteiger partial charge < -0.3 is 10.5 Å². The van der Waals surface area contributed by atoms with Crippen LogP contribution in [0.15, 0.2) is 47.1 Å². The van der Waals surface area contributed by atoms with Crippen LogP contribution in [0.1, 0.15) is 11.3 Å². The van der Waals surface area contributed by atoms with Crippen molar-refractivity contribution in [1.82, 2.24) is 4.98 Å². The van der Waals surface area contributed by atoms with E-state index in [4.69, 9.17) is 10.5 Å². The van der Waals surface area contributed by atoms with Crippen LogP contribution < -0.4 is 10.5 Å². The number of hydrogen-bond acceptors (Lipinski definition) is 3. The van der Waals surface area contributed by atoms with Crippen molar-refractivity contribution in [2.45, 2.75) is 13.2 Å². The second kappa shape index (κ2) is 5.80. The fraction of sp³-hybridized carbons (Fsp3) is 0.154. The zero-order chi connectivity index (χ0) is 12.1. The molecule has 2 N–H and O–H groups in total. The van der Waals surface area contributed by atoms with Crippen LogP contribution in [0.2, 0.25) is 0 Å². The summed E-state index contributed by atoms with van der Waals surface area (Å²) in [7, 11) is 0. The maximum absolute atomic E-state index is 5.70. The van der Waals surface area contributed by atoms with Gasteiger partial charge in [-0.3, -0.25) is 4.98 Å². The number of hydrogen-bond donors (Lipinski definition) is 1. The van der Waals surface area contributed by atoms with E-state index < -0.39 is 0 Å². The Morgan fingerprint density at radius 1 is 1.18 bits per heavy atom. The van der Waals surface area contributed by atoms with Crippen molar-refractivity contribution in [1.29, 1.82) is 0 Å². The Bertz CT molecular complexity index is 485. The van der Waals surface area contributed by atoms with Crippen molar-refractivity contribution >= 4 is 15.9 Å². The highest BCUT2D eigenvalue weighted by Crippen LogP contribution is 2.17. The lowest BCUT2D eigenvalue weighted by Crippen LogP contribution is -2.04. The molecule has 0 radical (unpaired) electrons. The first-order chi connectivity index (χ1) is 8.29. The van der Waals surface area contributed by atoms with E-state index in [1.807, 2.05) is 36.4 Å². The average Bonchev–Trinajstić information content (AvgIpc) is 2.38. The summed E-state index contributed by atoms with van der Waals surface area (Å²) in [6, 6.07) is 11.7. The Kier molecular flexibility index (Phi) is 4.12. The summed E-state index contributed by atoms with van der Waals surface area (Å²) in [6.07, 6.45) is 1.72. The summed E-state index contributed by atoms with van der Waals surface area (Å²) >= 11 is 3.40. The lowest BCUT2D eigenvalue weighted by molar-refractivity contribution is 0.301. The van der Waals surface area contributed by atoms with Gasteiger partial charge in [0.25, 0.3) is 0 Å². The van der Waals surface area contributed by atoms with E-state index in [2.05, 4.69) is 20.9 Å². The molecule has 88 valence electrons. The number of aromatic nitrogens is 1. The predicted molar refractivity (Wildman–Crippen MR) is 70.6 cm³/mol. The summed E-state index contributed by atoms with van der Waals surface area (Å²) in [4.78, 5) is 4.17. The molecule has 0 saturated heterocycles. The standard InChI is InChI=1S/C13H13BrN2O/c14-11-5-3-10(4-6-11)9-17-13-2-1-7-16-12(13)8-15/h1-7H,8-9,15H2. The van der Waals surface area contributed by atoms with Gasteiger partial charge in [0, 0.05) is 17.2 Å². The molecule has 0 fully saturated rings. The summed E-state index contributed by atoms with van der Waals surface area (Å²) < 4.78 is 6.76. The van der Waals surface area contributed by atoms with Crippen molar-refractivity contribution in [3.63, 3.8) is 0 Å². The minimum atomic E-state index is 0.385. The zero-order valence-corrected chi connectivity index (χ0v) is 10.9. The molecule has 17 heavy (non-hydrogen) atoms. The molecule has 1 heterocycles. The molecule has 4 heteroatoms. The smallest absolute Gasteiger partial charge is 0.142 e. The first-order valence-corrected chi connectivity index (χ1v) is 6.10. The fourth-order valence-electron chi connectivity index (χ4n) is 1.45. The first kappa shape index (κ1) is 12.1. The van der Waals surface area contributed by atoms with Crippen molar-refractivity contribution in [3.05, 3.63) is 58.3 Å². The molecule has 0 aliphatic carbocycles. The Labute approximate surface area is 109 Å². The van der Waals surface area contributed by atoms with Gasteiger partial charge in [-0.1, -0.05) is 28.1 Å².